The van der Waals surface area contributed by atoms with E-state index in [9.17, 15) is 39.0 Å². The van der Waals surface area contributed by atoms with Crippen LogP contribution >= 0.6 is 0 Å². The van der Waals surface area contributed by atoms with Crippen LogP contribution in [0.4, 0.5) is 0 Å². The van der Waals surface area contributed by atoms with Crippen LogP contribution in [0.15, 0.2) is 29.3 Å². The number of hydrogen-bond acceptors (Lipinski definition) is 9. The first-order chi connectivity index (χ1) is 25.2. The molecule has 5 amide bonds. The molecule has 1 aliphatic heterocycles. The van der Waals surface area contributed by atoms with Crippen LogP contribution in [0.1, 0.15) is 71.8 Å². The number of hydrogen-bond donors (Lipinski definition) is 7. The van der Waals surface area contributed by atoms with E-state index in [1.807, 2.05) is 41.9 Å². The summed E-state index contributed by atoms with van der Waals surface area (Å²) < 4.78 is 0.328. The molecule has 9 N–H and O–H groups in total. The number of aliphatic imine (C=N–C) groups is 1. The van der Waals surface area contributed by atoms with E-state index < -0.39 is 65.7 Å². The number of aliphatic carboxylic acids is 1. The number of likely N-dealkylation sites (tertiary alicyclic amines) is 1. The highest BCUT2D eigenvalue weighted by atomic mass is 16.4. The molecule has 302 valence electrons. The Balaban J connectivity index is 2.37. The molecular weight excluding hydrogens is 698 g/mol. The molecule has 0 unspecified atom stereocenters. The van der Waals surface area contributed by atoms with E-state index >= 15 is 0 Å². The van der Waals surface area contributed by atoms with Crippen LogP contribution in [-0.4, -0.2) is 127 Å². The van der Waals surface area contributed by atoms with Gasteiger partial charge in [-0.05, 0) is 61.6 Å². The summed E-state index contributed by atoms with van der Waals surface area (Å²) in [4.78, 5) is 85.6. The smallest absolute Gasteiger partial charge is 0.275 e. The molecule has 0 radical (unpaired) electrons. The first kappa shape index (κ1) is 45.2. The summed E-state index contributed by atoms with van der Waals surface area (Å²) in [5.41, 5.74) is 11.5. The molecule has 1 aliphatic rings. The lowest BCUT2D eigenvalue weighted by Crippen LogP contribution is -2.60. The Kier molecular flexibility index (Phi) is 17.7. The van der Waals surface area contributed by atoms with E-state index in [-0.39, 0.29) is 62.4 Å². The van der Waals surface area contributed by atoms with E-state index in [0.717, 1.165) is 0 Å². The van der Waals surface area contributed by atoms with Gasteiger partial charge in [-0.1, -0.05) is 46.2 Å². The Hall–Kier alpha value is -4.93. The molecular formula is C37H61N9O8. The van der Waals surface area contributed by atoms with Gasteiger partial charge in [-0.15, -0.1) is 0 Å². The van der Waals surface area contributed by atoms with Gasteiger partial charge in [-0.2, -0.15) is 0 Å². The molecule has 0 bridgehead atoms. The van der Waals surface area contributed by atoms with Crippen LogP contribution in [0.5, 0.6) is 5.75 Å². The summed E-state index contributed by atoms with van der Waals surface area (Å²) in [6, 6.07) is 0.493. The average Bonchev–Trinajstić information content (AvgIpc) is 3.57. The minimum absolute atomic E-state index is 0.00247. The van der Waals surface area contributed by atoms with Gasteiger partial charge in [0, 0.05) is 19.5 Å². The average molecular weight is 760 g/mol. The minimum atomic E-state index is -1.44. The van der Waals surface area contributed by atoms with Gasteiger partial charge < -0.3 is 57.1 Å². The lowest BCUT2D eigenvalue weighted by molar-refractivity contribution is -0.862. The highest BCUT2D eigenvalue weighted by molar-refractivity contribution is 5.96. The summed E-state index contributed by atoms with van der Waals surface area (Å²) in [6.07, 6.45) is 1.95. The van der Waals surface area contributed by atoms with Gasteiger partial charge in [0.15, 0.2) is 12.5 Å². The second-order valence-corrected chi connectivity index (χ2v) is 15.5. The Bertz CT molecular complexity index is 1470. The number of carboxylic acids is 1. The fraction of sp³-hybridized carbons (Fsp3) is 0.649. The van der Waals surface area contributed by atoms with Crippen molar-refractivity contribution < 1.29 is 43.5 Å². The van der Waals surface area contributed by atoms with Crippen molar-refractivity contribution >= 4 is 41.5 Å². The zero-order valence-corrected chi connectivity index (χ0v) is 32.7. The third kappa shape index (κ3) is 15.2. The number of amides is 5. The number of carbonyl (C=O) groups is 6. The van der Waals surface area contributed by atoms with Gasteiger partial charge in [0.05, 0.1) is 33.2 Å². The van der Waals surface area contributed by atoms with Gasteiger partial charge in [0.25, 0.3) is 5.91 Å². The van der Waals surface area contributed by atoms with E-state index in [1.165, 1.54) is 17.0 Å². The second-order valence-electron chi connectivity index (χ2n) is 15.5. The Morgan fingerprint density at radius 3 is 2.15 bits per heavy atom. The monoisotopic (exact) mass is 759 g/mol. The third-order valence-corrected chi connectivity index (χ3v) is 9.15. The standard InChI is InChI=1S/C37H61N9O8/c1-8-23(4)31(34(51)43-28(36(53)54)19-22(2)3)44-32(49)27(20-24-13-15-25(47)16-14-24)42-33(50)29-12-10-18-45(29)35(52)26(11-9-17-40-37(38)39)41-30(48)21-46(5,6)7/h13-16,22-23,26-29,31H,8-12,17-21H2,1-7H3,(H9-,38,39,40,41,42,43,44,47,48,49,50,51,53,54)/t23-,26-,27-,28-,29-,31-/m0/s1. The molecule has 1 aromatic carbocycles. The number of aromatic hydroxyl groups is 1. The number of rotatable bonds is 21. The molecule has 1 fully saturated rings. The first-order valence-corrected chi connectivity index (χ1v) is 18.6. The number of guanidine groups is 1. The molecule has 0 saturated carbocycles. The van der Waals surface area contributed by atoms with Crippen LogP contribution in [-0.2, 0) is 35.2 Å². The Morgan fingerprint density at radius 2 is 1.59 bits per heavy atom. The number of likely N-dealkylation sites (N-methyl/N-ethyl adjacent to an activating group) is 1. The molecule has 1 heterocycles. The second kappa shape index (κ2) is 21.1. The number of nitrogens with zero attached hydrogens (tertiary/aromatic N) is 3. The van der Waals surface area contributed by atoms with Crippen LogP contribution in [0.2, 0.25) is 0 Å². The molecule has 0 aliphatic carbocycles. The predicted molar refractivity (Wildman–Crippen MR) is 201 cm³/mol. The molecule has 1 aromatic rings. The van der Waals surface area contributed by atoms with Gasteiger partial charge in [0.1, 0.15) is 29.9 Å². The highest BCUT2D eigenvalue weighted by Gasteiger charge is 2.40. The van der Waals surface area contributed by atoms with E-state index in [2.05, 4.69) is 26.3 Å². The van der Waals surface area contributed by atoms with Crippen LogP contribution in [0, 0.1) is 11.8 Å². The topological polar surface area (TPSA) is 261 Å². The molecule has 54 heavy (non-hydrogen) atoms. The normalized spacial score (nSPS) is 17.0. The maximum Gasteiger partial charge on any atom is 0.275 e. The number of nitrogens with one attached hydrogen (secondary N) is 4. The van der Waals surface area contributed by atoms with Crippen molar-refractivity contribution in [3.05, 3.63) is 29.8 Å². The van der Waals surface area contributed by atoms with E-state index in [0.29, 0.717) is 35.7 Å². The lowest BCUT2D eigenvalue weighted by Gasteiger charge is -2.31. The van der Waals surface area contributed by atoms with Gasteiger partial charge in [-0.25, -0.2) is 0 Å². The molecule has 1 saturated heterocycles. The third-order valence-electron chi connectivity index (χ3n) is 9.15. The highest BCUT2D eigenvalue weighted by Crippen LogP contribution is 2.21. The van der Waals surface area contributed by atoms with Gasteiger partial charge >= 0.3 is 0 Å². The van der Waals surface area contributed by atoms with E-state index in [1.54, 1.807) is 19.1 Å². The minimum Gasteiger partial charge on any atom is -0.548 e. The van der Waals surface area contributed by atoms with E-state index in [4.69, 9.17) is 11.5 Å². The molecule has 6 atom stereocenters. The fourth-order valence-electron chi connectivity index (χ4n) is 6.18. The number of carbonyl (C=O) groups excluding carboxylic acids is 6. The lowest BCUT2D eigenvalue weighted by atomic mass is 9.96. The van der Waals surface area contributed by atoms with Gasteiger partial charge in [-0.3, -0.25) is 29.0 Å². The number of phenolic OH excluding ortho intramolecular Hbond substituents is 1. The number of benzene rings is 1. The van der Waals surface area contributed by atoms with Crippen molar-refractivity contribution in [3.8, 4) is 5.75 Å². The summed E-state index contributed by atoms with van der Waals surface area (Å²) in [5.74, 6) is -4.82. The van der Waals surface area contributed by atoms with Crippen molar-refractivity contribution in [1.29, 1.82) is 0 Å². The van der Waals surface area contributed by atoms with Crippen molar-refractivity contribution in [3.63, 3.8) is 0 Å². The van der Waals surface area contributed by atoms with Crippen molar-refractivity contribution in [2.24, 2.45) is 28.3 Å². The molecule has 0 aromatic heterocycles. The summed E-state index contributed by atoms with van der Waals surface area (Å²) in [7, 11) is 5.53. The zero-order valence-electron chi connectivity index (χ0n) is 32.7. The summed E-state index contributed by atoms with van der Waals surface area (Å²) in [6.45, 7) is 7.76. The number of carboxylic acid groups (broad SMARTS) is 1. The molecule has 17 heteroatoms. The maximum atomic E-state index is 14.0. The predicted octanol–water partition coefficient (Wildman–Crippen LogP) is -1.53. The molecule has 2 rings (SSSR count). The SMILES string of the molecule is CC[C@H](C)[C@H](NC(=O)[C@H](Cc1ccc(O)cc1)NC(=O)[C@@H]1CCCN1C(=O)[C@H](CCCN=C(N)N)NC(=O)C[N+](C)(C)C)C(=O)N[C@@H](CC(C)C)C(=O)[O-]. The fourth-order valence-corrected chi connectivity index (χ4v) is 6.18. The van der Waals surface area contributed by atoms with Crippen molar-refractivity contribution in [2.75, 3.05) is 40.8 Å². The number of quaternary nitrogens is 1. The first-order valence-electron chi connectivity index (χ1n) is 18.6. The number of phenols is 1. The Labute approximate surface area is 318 Å². The molecule has 0 spiro atoms. The van der Waals surface area contributed by atoms with Crippen LogP contribution < -0.4 is 37.8 Å². The van der Waals surface area contributed by atoms with Crippen molar-refractivity contribution in [1.82, 2.24) is 26.2 Å². The maximum absolute atomic E-state index is 14.0. The van der Waals surface area contributed by atoms with Crippen LogP contribution in [0.25, 0.3) is 0 Å². The summed E-state index contributed by atoms with van der Waals surface area (Å²) in [5, 5.41) is 32.5. The Morgan fingerprint density at radius 1 is 0.944 bits per heavy atom. The van der Waals surface area contributed by atoms with Gasteiger partial charge in [0.2, 0.25) is 23.6 Å². The number of nitrogens with two attached hydrogens (primary N) is 2. The largest absolute Gasteiger partial charge is 0.548 e. The molecule has 17 nitrogen and oxygen atoms in total. The van der Waals surface area contributed by atoms with Crippen molar-refractivity contribution in [2.45, 2.75) is 103 Å². The summed E-state index contributed by atoms with van der Waals surface area (Å²) >= 11 is 0. The zero-order chi connectivity index (χ0) is 40.7. The quantitative estimate of drug-likeness (QED) is 0.0329. The van der Waals surface area contributed by atoms with Crippen LogP contribution in [0.3, 0.4) is 0 Å².